The fourth-order valence-corrected chi connectivity index (χ4v) is 10.6. The predicted molar refractivity (Wildman–Crippen MR) is 300 cm³/mol. The minimum Gasteiger partial charge on any atom is -0.392 e. The maximum absolute atomic E-state index is 16.2. The molecule has 2 aliphatic carbocycles. The molecule has 0 bridgehead atoms. The van der Waals surface area contributed by atoms with Gasteiger partial charge in [0, 0.05) is 59.9 Å². The zero-order chi connectivity index (χ0) is 57.4. The number of rotatable bonds is 18. The Kier molecular flexibility index (Phi) is 13.4. The number of pyridine rings is 2. The molecular weight excluding hydrogens is 1060 g/mol. The molecule has 21 nitrogen and oxygen atoms in total. The van der Waals surface area contributed by atoms with Gasteiger partial charge in [-0.05, 0) is 97.3 Å². The molecule has 0 radical (unpaired) electrons. The maximum Gasteiger partial charge on any atom is 0.265 e. The zero-order valence-corrected chi connectivity index (χ0v) is 44.4. The second-order valence-corrected chi connectivity index (χ2v) is 21.3. The number of ether oxygens (including phenoxy) is 1. The number of aliphatic hydroxyl groups excluding tert-OH is 2. The first-order chi connectivity index (χ1) is 39.3. The first kappa shape index (κ1) is 53.3. The third-order valence-electron chi connectivity index (χ3n) is 14.8. The van der Waals surface area contributed by atoms with Crippen LogP contribution in [0.5, 0.6) is 0 Å². The molecule has 9 N–H and O–H groups in total. The Balaban J connectivity index is 0.721. The lowest BCUT2D eigenvalue weighted by atomic mass is 10.0. The number of nitrogens with two attached hydrogens (primary N) is 2. The molecule has 3 unspecified atom stereocenters. The van der Waals surface area contributed by atoms with Gasteiger partial charge >= 0.3 is 0 Å². The number of amidine groups is 1. The molecular formula is C57H54F4N16O5. The van der Waals surface area contributed by atoms with Crippen molar-refractivity contribution in [2.75, 3.05) is 23.0 Å². The molecule has 0 spiro atoms. The van der Waals surface area contributed by atoms with Gasteiger partial charge in [0.25, 0.3) is 17.5 Å². The van der Waals surface area contributed by atoms with Gasteiger partial charge in [-0.2, -0.15) is 25.1 Å². The quantitative estimate of drug-likeness (QED) is 0.0425. The summed E-state index contributed by atoms with van der Waals surface area (Å²) >= 11 is 0. The number of nitrogen functional groups attached to an aromatic ring is 1. The number of anilines is 4. The van der Waals surface area contributed by atoms with Crippen molar-refractivity contribution in [1.82, 2.24) is 49.0 Å². The first-order valence-electron chi connectivity index (χ1n) is 26.3. The molecule has 0 amide bonds. The molecule has 2 saturated carbocycles. The van der Waals surface area contributed by atoms with Crippen LogP contribution in [0.4, 0.5) is 40.8 Å². The van der Waals surface area contributed by atoms with Gasteiger partial charge in [-0.3, -0.25) is 28.1 Å². The van der Waals surface area contributed by atoms with Gasteiger partial charge < -0.3 is 42.4 Å². The van der Waals surface area contributed by atoms with Crippen molar-refractivity contribution in [2.24, 2.45) is 15.7 Å². The fourth-order valence-electron chi connectivity index (χ4n) is 10.6. The summed E-state index contributed by atoms with van der Waals surface area (Å²) in [6, 6.07) is 19.7. The summed E-state index contributed by atoms with van der Waals surface area (Å²) in [5.41, 5.74) is 14.8. The van der Waals surface area contributed by atoms with E-state index >= 15 is 8.78 Å². The molecule has 420 valence electrons. The molecule has 5 aromatic heterocycles. The summed E-state index contributed by atoms with van der Waals surface area (Å²) in [4.78, 5) is 50.2. The minimum atomic E-state index is -2.61. The number of alkyl halides is 2. The highest BCUT2D eigenvalue weighted by molar-refractivity contribution is 6.11. The van der Waals surface area contributed by atoms with Crippen LogP contribution in [-0.4, -0.2) is 90.6 Å². The first-order valence-corrected chi connectivity index (χ1v) is 26.3. The standard InChI is InChI=1S/C57H54F4N16O5/c1-56(2,77-24-35(22-65-77)71-57(3)72-50(68-54(63)73-57)37-7-5-9-44(40(37)27-79)76-14-12-30-16-32(29-10-11-29)18-41(58)47(30)51(76)80)28-82-45-20-38(45)33-17-31-13-15-75(52(81)48(31)42(59)19-33)43-8-4-6-36(39(43)26-78)49-67-53(62)70-55(69-49)66-34-21-64-74(23-34)25-46(60)61/h4-9,12-19,21-24,29,38,45-46,71,78-79H,10-11,20,25-28H2,1-3H3,(H3,63,68,72,73)(H3,62,66,67,69,70). The van der Waals surface area contributed by atoms with E-state index in [1.54, 1.807) is 84.8 Å². The zero-order valence-electron chi connectivity index (χ0n) is 44.4. The van der Waals surface area contributed by atoms with Crippen LogP contribution in [-0.2, 0) is 30.0 Å². The van der Waals surface area contributed by atoms with Crippen LogP contribution in [0.15, 0.2) is 130 Å². The second kappa shape index (κ2) is 20.6. The number of benzene rings is 4. The lowest BCUT2D eigenvalue weighted by molar-refractivity contribution is 0.0474. The van der Waals surface area contributed by atoms with Gasteiger partial charge in [0.15, 0.2) is 11.8 Å². The van der Waals surface area contributed by atoms with Crippen LogP contribution in [0.3, 0.4) is 0 Å². The third-order valence-corrected chi connectivity index (χ3v) is 14.8. The van der Waals surface area contributed by atoms with E-state index in [-0.39, 0.29) is 70.2 Å². The molecule has 3 atom stereocenters. The Morgan fingerprint density at radius 3 is 2.10 bits per heavy atom. The van der Waals surface area contributed by atoms with Crippen molar-refractivity contribution < 1.29 is 32.5 Å². The van der Waals surface area contributed by atoms with Crippen LogP contribution in [0.25, 0.3) is 44.3 Å². The van der Waals surface area contributed by atoms with E-state index in [0.717, 1.165) is 23.1 Å². The summed E-state index contributed by atoms with van der Waals surface area (Å²) in [6.07, 6.45) is 8.90. The normalized spacial score (nSPS) is 18.0. The van der Waals surface area contributed by atoms with Crippen molar-refractivity contribution in [3.8, 4) is 22.8 Å². The van der Waals surface area contributed by atoms with Crippen LogP contribution < -0.4 is 38.5 Å². The van der Waals surface area contributed by atoms with Gasteiger partial charge in [0.1, 0.15) is 24.0 Å². The van der Waals surface area contributed by atoms with Gasteiger partial charge in [-0.1, -0.05) is 36.4 Å². The Morgan fingerprint density at radius 1 is 0.805 bits per heavy atom. The molecule has 12 rings (SSSR count). The number of nitrogens with zero attached hydrogens (tertiary/aromatic N) is 11. The van der Waals surface area contributed by atoms with Crippen molar-refractivity contribution >= 4 is 56.6 Å². The average molecular weight is 1120 g/mol. The topological polar surface area (TPSA) is 281 Å². The monoisotopic (exact) mass is 1120 g/mol. The average Bonchev–Trinajstić information content (AvgIpc) is 4.53. The summed E-state index contributed by atoms with van der Waals surface area (Å²) < 4.78 is 69.3. The van der Waals surface area contributed by atoms with Crippen LogP contribution in [0, 0.1) is 11.6 Å². The van der Waals surface area contributed by atoms with Crippen LogP contribution in [0.2, 0.25) is 0 Å². The van der Waals surface area contributed by atoms with Gasteiger partial charge in [0.05, 0.1) is 77.4 Å². The molecule has 2 fully saturated rings. The second-order valence-electron chi connectivity index (χ2n) is 21.3. The number of nitrogens with one attached hydrogen (secondary N) is 3. The van der Waals surface area contributed by atoms with Crippen LogP contribution in [0.1, 0.15) is 79.7 Å². The summed E-state index contributed by atoms with van der Waals surface area (Å²) in [5, 5.41) is 39.9. The fraction of sp³-hybridized carbons (Fsp3) is 0.281. The van der Waals surface area contributed by atoms with E-state index < -0.39 is 60.3 Å². The van der Waals surface area contributed by atoms with Crippen LogP contribution >= 0.6 is 0 Å². The SMILES string of the molecule is CC1(Nc2cnn(C(C)(C)COC3CC3c3cc(F)c4c(=O)n(-c5cccc(-c6nc(N)nc(Nc7cnn(CC(F)F)c7)n6)c5CO)ccc4c3)c2)N=C(N)NC(c2cccc(-n3ccc4cc(C5CC5)cc(F)c4c3=O)c2CO)=N1. The number of hydrogen-bond donors (Lipinski definition) is 7. The molecule has 6 heterocycles. The predicted octanol–water partition coefficient (Wildman–Crippen LogP) is 7.03. The highest BCUT2D eigenvalue weighted by Gasteiger charge is 2.42. The van der Waals surface area contributed by atoms with Crippen molar-refractivity contribution in [2.45, 2.75) is 95.5 Å². The molecule has 1 aliphatic heterocycles. The van der Waals surface area contributed by atoms with E-state index in [1.165, 1.54) is 39.9 Å². The molecule has 25 heteroatoms. The highest BCUT2D eigenvalue weighted by atomic mass is 19.3. The van der Waals surface area contributed by atoms with Crippen molar-refractivity contribution in [3.05, 3.63) is 170 Å². The summed E-state index contributed by atoms with van der Waals surface area (Å²) in [7, 11) is 0. The van der Waals surface area contributed by atoms with Gasteiger partial charge in [-0.15, -0.1) is 0 Å². The van der Waals surface area contributed by atoms with Crippen molar-refractivity contribution in [3.63, 3.8) is 0 Å². The number of hydrogen-bond acceptors (Lipinski definition) is 17. The lowest BCUT2D eigenvalue weighted by Gasteiger charge is -2.30. The highest BCUT2D eigenvalue weighted by Crippen LogP contribution is 2.45. The number of aliphatic hydroxyl groups is 2. The number of fused-ring (bicyclic) bond motifs is 2. The number of aliphatic imine (C=N–C) groups is 2. The molecule has 4 aromatic carbocycles. The van der Waals surface area contributed by atoms with Gasteiger partial charge in [0.2, 0.25) is 17.7 Å². The largest absolute Gasteiger partial charge is 0.392 e. The smallest absolute Gasteiger partial charge is 0.265 e. The molecule has 3 aliphatic rings. The minimum absolute atomic E-state index is 0.0272. The number of guanidine groups is 1. The van der Waals surface area contributed by atoms with E-state index in [2.05, 4.69) is 46.1 Å². The Hall–Kier alpha value is -9.33. The third kappa shape index (κ3) is 10.3. The van der Waals surface area contributed by atoms with E-state index in [9.17, 15) is 28.6 Å². The summed E-state index contributed by atoms with van der Waals surface area (Å²) in [6.45, 7) is 4.19. The molecule has 0 saturated heterocycles. The number of halogens is 4. The van der Waals surface area contributed by atoms with Crippen molar-refractivity contribution in [1.29, 1.82) is 0 Å². The lowest BCUT2D eigenvalue weighted by Crippen LogP contribution is -2.48. The van der Waals surface area contributed by atoms with E-state index in [0.29, 0.717) is 62.4 Å². The molecule has 82 heavy (non-hydrogen) atoms. The molecule has 9 aromatic rings. The Morgan fingerprint density at radius 2 is 1.44 bits per heavy atom. The van der Waals surface area contributed by atoms with E-state index in [1.807, 2.05) is 19.9 Å². The number of aromatic nitrogens is 9. The Labute approximate surface area is 463 Å². The van der Waals surface area contributed by atoms with E-state index in [4.69, 9.17) is 21.2 Å². The summed E-state index contributed by atoms with van der Waals surface area (Å²) in [5.74, 6) is -2.40. The Bertz CT molecular complexity index is 4210. The maximum atomic E-state index is 16.2. The van der Waals surface area contributed by atoms with Gasteiger partial charge in [-0.25, -0.2) is 27.5 Å².